The third-order valence-corrected chi connectivity index (χ3v) is 4.76. The fraction of sp³-hybridized carbons (Fsp3) is 0.143. The molecular weight excluding hydrogens is 367 g/mol. The van der Waals surface area contributed by atoms with E-state index in [1.807, 2.05) is 12.1 Å². The summed E-state index contributed by atoms with van der Waals surface area (Å²) in [6, 6.07) is 13.2. The molecule has 2 heterocycles. The number of amides is 1. The number of anilines is 2. The molecular formula is C21H16F3N3O. The van der Waals surface area contributed by atoms with Crippen molar-refractivity contribution in [2.45, 2.75) is 13.0 Å². The Labute approximate surface area is 159 Å². The quantitative estimate of drug-likeness (QED) is 0.686. The first kappa shape index (κ1) is 18.0. The zero-order valence-electron chi connectivity index (χ0n) is 14.8. The maximum absolute atomic E-state index is 13.7. The number of hydrogen-bond acceptors (Lipinski definition) is 3. The van der Waals surface area contributed by atoms with Crippen LogP contribution in [0.1, 0.15) is 21.6 Å². The normalized spacial score (nSPS) is 13.2. The fourth-order valence-electron chi connectivity index (χ4n) is 3.23. The Morgan fingerprint density at radius 1 is 0.964 bits per heavy atom. The molecule has 3 aromatic rings. The Morgan fingerprint density at radius 3 is 2.50 bits per heavy atom. The van der Waals surface area contributed by atoms with Crippen molar-refractivity contribution in [3.63, 3.8) is 0 Å². The monoisotopic (exact) mass is 383 g/mol. The van der Waals surface area contributed by atoms with E-state index in [0.29, 0.717) is 0 Å². The van der Waals surface area contributed by atoms with Gasteiger partial charge in [0.15, 0.2) is 17.5 Å². The zero-order valence-corrected chi connectivity index (χ0v) is 14.8. The molecule has 1 aliphatic rings. The summed E-state index contributed by atoms with van der Waals surface area (Å²) in [6.45, 7) is 1.59. The molecule has 0 fully saturated rings. The second-order valence-corrected chi connectivity index (χ2v) is 6.52. The van der Waals surface area contributed by atoms with E-state index >= 15 is 0 Å². The van der Waals surface area contributed by atoms with E-state index < -0.39 is 29.0 Å². The van der Waals surface area contributed by atoms with E-state index in [9.17, 15) is 18.0 Å². The predicted octanol–water partition coefficient (Wildman–Crippen LogP) is 4.31. The molecule has 1 amide bonds. The van der Waals surface area contributed by atoms with Crippen LogP contribution in [0.2, 0.25) is 0 Å². The number of nitrogens with one attached hydrogen (secondary N) is 1. The number of fused-ring (bicyclic) bond motifs is 1. The largest absolute Gasteiger partial charge is 0.366 e. The Hall–Kier alpha value is -3.35. The number of aromatic nitrogens is 1. The van der Waals surface area contributed by atoms with Gasteiger partial charge in [0.1, 0.15) is 5.69 Å². The molecule has 0 atom stereocenters. The maximum atomic E-state index is 13.7. The van der Waals surface area contributed by atoms with Gasteiger partial charge >= 0.3 is 0 Å². The second kappa shape index (κ2) is 7.34. The second-order valence-electron chi connectivity index (χ2n) is 6.52. The molecule has 0 unspecified atom stereocenters. The smallest absolute Gasteiger partial charge is 0.274 e. The Balaban J connectivity index is 1.48. The molecule has 0 aliphatic carbocycles. The first-order chi connectivity index (χ1) is 13.5. The number of carbonyl (C=O) groups is 1. The van der Waals surface area contributed by atoms with Gasteiger partial charge in [0.2, 0.25) is 0 Å². The summed E-state index contributed by atoms with van der Waals surface area (Å²) in [4.78, 5) is 18.5. The maximum Gasteiger partial charge on any atom is 0.274 e. The van der Waals surface area contributed by atoms with Gasteiger partial charge in [-0.2, -0.15) is 0 Å². The van der Waals surface area contributed by atoms with Crippen molar-refractivity contribution in [3.05, 3.63) is 89.0 Å². The SMILES string of the molecule is O=C(Nc1ccc(F)c(F)c1F)c1ccc(N2CCc3ccccc3C2)cn1. The summed E-state index contributed by atoms with van der Waals surface area (Å²) in [5.74, 6) is -5.11. The molecule has 1 N–H and O–H groups in total. The van der Waals surface area contributed by atoms with E-state index in [1.165, 1.54) is 17.2 Å². The minimum Gasteiger partial charge on any atom is -0.366 e. The average molecular weight is 383 g/mol. The summed E-state index contributed by atoms with van der Waals surface area (Å²) in [5, 5.41) is 2.21. The first-order valence-electron chi connectivity index (χ1n) is 8.75. The van der Waals surface area contributed by atoms with Gasteiger partial charge in [0.05, 0.1) is 17.6 Å². The molecule has 4 nitrogen and oxygen atoms in total. The topological polar surface area (TPSA) is 45.2 Å². The Morgan fingerprint density at radius 2 is 1.75 bits per heavy atom. The van der Waals surface area contributed by atoms with Gasteiger partial charge in [-0.3, -0.25) is 4.79 Å². The number of halogens is 3. The third-order valence-electron chi connectivity index (χ3n) is 4.76. The molecule has 0 spiro atoms. The van der Waals surface area contributed by atoms with Crippen LogP contribution in [0.5, 0.6) is 0 Å². The van der Waals surface area contributed by atoms with Crippen LogP contribution >= 0.6 is 0 Å². The van der Waals surface area contributed by atoms with Crippen LogP contribution in [0, 0.1) is 17.5 Å². The standard InChI is InChI=1S/C21H16F3N3O/c22-16-6-8-17(20(24)19(16)23)26-21(28)18-7-5-15(11-25-18)27-10-9-13-3-1-2-4-14(13)12-27/h1-8,11H,9-10,12H2,(H,26,28). The van der Waals surface area contributed by atoms with E-state index in [2.05, 4.69) is 27.3 Å². The summed E-state index contributed by atoms with van der Waals surface area (Å²) >= 11 is 0. The van der Waals surface area contributed by atoms with E-state index in [1.54, 1.807) is 12.3 Å². The van der Waals surface area contributed by atoms with Crippen molar-refractivity contribution in [3.8, 4) is 0 Å². The van der Waals surface area contributed by atoms with Crippen LogP contribution in [0.15, 0.2) is 54.7 Å². The molecule has 0 saturated carbocycles. The first-order valence-corrected chi connectivity index (χ1v) is 8.75. The van der Waals surface area contributed by atoms with Crippen molar-refractivity contribution < 1.29 is 18.0 Å². The fourth-order valence-corrected chi connectivity index (χ4v) is 3.23. The van der Waals surface area contributed by atoms with Crippen LogP contribution in [0.4, 0.5) is 24.5 Å². The van der Waals surface area contributed by atoms with Crippen LogP contribution < -0.4 is 10.2 Å². The molecule has 2 aromatic carbocycles. The highest BCUT2D eigenvalue weighted by molar-refractivity contribution is 6.03. The molecule has 0 bridgehead atoms. The van der Waals surface area contributed by atoms with E-state index in [4.69, 9.17) is 0 Å². The van der Waals surface area contributed by atoms with Gasteiger partial charge in [0.25, 0.3) is 5.91 Å². The molecule has 0 saturated heterocycles. The van der Waals surface area contributed by atoms with Crippen LogP contribution in [0.25, 0.3) is 0 Å². The highest BCUT2D eigenvalue weighted by Gasteiger charge is 2.19. The molecule has 0 radical (unpaired) electrons. The third kappa shape index (κ3) is 3.43. The summed E-state index contributed by atoms with van der Waals surface area (Å²) in [6.07, 6.45) is 2.50. The Bertz CT molecular complexity index is 1040. The highest BCUT2D eigenvalue weighted by atomic mass is 19.2. The summed E-state index contributed by atoms with van der Waals surface area (Å²) < 4.78 is 40.0. The van der Waals surface area contributed by atoms with Crippen molar-refractivity contribution in [2.75, 3.05) is 16.8 Å². The number of nitrogens with zero attached hydrogens (tertiary/aromatic N) is 2. The number of carbonyl (C=O) groups excluding carboxylic acids is 1. The lowest BCUT2D eigenvalue weighted by atomic mass is 10.00. The number of rotatable bonds is 3. The lowest BCUT2D eigenvalue weighted by Crippen LogP contribution is -2.30. The molecule has 28 heavy (non-hydrogen) atoms. The molecule has 4 rings (SSSR count). The van der Waals surface area contributed by atoms with Gasteiger partial charge in [-0.1, -0.05) is 24.3 Å². The number of pyridine rings is 1. The molecule has 7 heteroatoms. The number of hydrogen-bond donors (Lipinski definition) is 1. The minimum absolute atomic E-state index is 0.0466. The van der Waals surface area contributed by atoms with Crippen LogP contribution in [-0.2, 0) is 13.0 Å². The minimum atomic E-state index is -1.63. The van der Waals surface area contributed by atoms with E-state index in [0.717, 1.165) is 37.3 Å². The lowest BCUT2D eigenvalue weighted by molar-refractivity contribution is 0.102. The van der Waals surface area contributed by atoms with Crippen molar-refractivity contribution >= 4 is 17.3 Å². The molecule has 1 aromatic heterocycles. The van der Waals surface area contributed by atoms with Crippen LogP contribution in [0.3, 0.4) is 0 Å². The predicted molar refractivity (Wildman–Crippen MR) is 99.7 cm³/mol. The highest BCUT2D eigenvalue weighted by Crippen LogP contribution is 2.24. The average Bonchev–Trinajstić information content (AvgIpc) is 2.74. The number of benzene rings is 2. The van der Waals surface area contributed by atoms with Crippen molar-refractivity contribution in [1.82, 2.24) is 4.98 Å². The Kier molecular flexibility index (Phi) is 4.73. The van der Waals surface area contributed by atoms with Gasteiger partial charge in [0, 0.05) is 13.1 Å². The van der Waals surface area contributed by atoms with Gasteiger partial charge in [-0.05, 0) is 41.8 Å². The van der Waals surface area contributed by atoms with Crippen molar-refractivity contribution in [1.29, 1.82) is 0 Å². The molecule has 1 aliphatic heterocycles. The summed E-state index contributed by atoms with van der Waals surface area (Å²) in [5.41, 5.74) is 3.05. The lowest BCUT2D eigenvalue weighted by Gasteiger charge is -2.30. The molecule has 142 valence electrons. The van der Waals surface area contributed by atoms with Gasteiger partial charge in [-0.25, -0.2) is 18.2 Å². The van der Waals surface area contributed by atoms with E-state index in [-0.39, 0.29) is 5.69 Å². The zero-order chi connectivity index (χ0) is 19.7. The van der Waals surface area contributed by atoms with Crippen LogP contribution in [-0.4, -0.2) is 17.4 Å². The van der Waals surface area contributed by atoms with Crippen molar-refractivity contribution in [2.24, 2.45) is 0 Å². The van der Waals surface area contributed by atoms with Gasteiger partial charge < -0.3 is 10.2 Å². The summed E-state index contributed by atoms with van der Waals surface area (Å²) in [7, 11) is 0. The van der Waals surface area contributed by atoms with Gasteiger partial charge in [-0.15, -0.1) is 0 Å².